The number of carbonyl (C=O) groups is 1. The highest BCUT2D eigenvalue weighted by atomic mass is 16.1. The number of ketones is 1. The van der Waals surface area contributed by atoms with Gasteiger partial charge in [-0.05, 0) is 29.2 Å². The molecule has 0 radical (unpaired) electrons. The van der Waals surface area contributed by atoms with Gasteiger partial charge < -0.3 is 0 Å². The van der Waals surface area contributed by atoms with Crippen LogP contribution >= 0.6 is 0 Å². The highest BCUT2D eigenvalue weighted by Crippen LogP contribution is 2.22. The summed E-state index contributed by atoms with van der Waals surface area (Å²) in [4.78, 5) is 16.3. The molecule has 3 heteroatoms. The summed E-state index contributed by atoms with van der Waals surface area (Å²) in [6, 6.07) is 13.1. The van der Waals surface area contributed by atoms with Gasteiger partial charge in [0.2, 0.25) is 0 Å². The molecule has 0 amide bonds. The Bertz CT molecular complexity index is 624. The van der Waals surface area contributed by atoms with E-state index >= 15 is 0 Å². The van der Waals surface area contributed by atoms with Crippen LogP contribution in [0.3, 0.4) is 0 Å². The van der Waals surface area contributed by atoms with Gasteiger partial charge in [-0.15, -0.1) is 0 Å². The Morgan fingerprint density at radius 3 is 2.30 bits per heavy atom. The van der Waals surface area contributed by atoms with E-state index in [4.69, 9.17) is 0 Å². The lowest BCUT2D eigenvalue weighted by molar-refractivity contribution is 0.0978. The van der Waals surface area contributed by atoms with E-state index in [-0.39, 0.29) is 5.78 Å². The molecule has 1 aromatic heterocycles. The van der Waals surface area contributed by atoms with E-state index in [1.807, 2.05) is 24.3 Å². The second-order valence-corrected chi connectivity index (χ2v) is 4.99. The van der Waals surface area contributed by atoms with Gasteiger partial charge >= 0.3 is 0 Å². The number of aromatic nitrogens is 1. The third-order valence-corrected chi connectivity index (χ3v) is 3.27. The third-order valence-electron chi connectivity index (χ3n) is 3.27. The number of rotatable bonds is 4. The molecule has 0 spiro atoms. The van der Waals surface area contributed by atoms with Crippen LogP contribution in [-0.4, -0.2) is 10.8 Å². The summed E-state index contributed by atoms with van der Waals surface area (Å²) in [6.45, 7) is 4.22. The minimum absolute atomic E-state index is 0.210. The Hall–Kier alpha value is -2.47. The van der Waals surface area contributed by atoms with E-state index in [1.54, 1.807) is 18.3 Å². The molecule has 1 aromatic carbocycles. The van der Waals surface area contributed by atoms with Gasteiger partial charge in [0, 0.05) is 18.0 Å². The van der Waals surface area contributed by atoms with Crippen molar-refractivity contribution in [2.45, 2.75) is 25.7 Å². The van der Waals surface area contributed by atoms with E-state index in [0.717, 1.165) is 5.56 Å². The standard InChI is InChI=1S/C17H16N2O/c1-12(2)13-5-7-14(8-6-13)16(10-18)17(20)15-4-3-9-19-11-15/h3-9,11-12,16H,1-2H3. The molecule has 1 unspecified atom stereocenters. The summed E-state index contributed by atoms with van der Waals surface area (Å²) in [5.41, 5.74) is 2.39. The third kappa shape index (κ3) is 2.92. The largest absolute Gasteiger partial charge is 0.292 e. The monoisotopic (exact) mass is 264 g/mol. The number of hydrogen-bond acceptors (Lipinski definition) is 3. The molecular weight excluding hydrogens is 248 g/mol. The molecular formula is C17H16N2O. The highest BCUT2D eigenvalue weighted by molar-refractivity contribution is 6.02. The predicted molar refractivity (Wildman–Crippen MR) is 77.5 cm³/mol. The zero-order chi connectivity index (χ0) is 14.5. The number of benzene rings is 1. The van der Waals surface area contributed by atoms with Gasteiger partial charge in [-0.3, -0.25) is 9.78 Å². The molecule has 0 saturated carbocycles. The summed E-state index contributed by atoms with van der Waals surface area (Å²) in [7, 11) is 0. The number of nitrogens with zero attached hydrogens (tertiary/aromatic N) is 2. The van der Waals surface area contributed by atoms with Crippen LogP contribution in [0.25, 0.3) is 0 Å². The highest BCUT2D eigenvalue weighted by Gasteiger charge is 2.21. The van der Waals surface area contributed by atoms with E-state index in [1.165, 1.54) is 11.8 Å². The Balaban J connectivity index is 2.29. The fourth-order valence-corrected chi connectivity index (χ4v) is 2.03. The van der Waals surface area contributed by atoms with Crippen LogP contribution in [0.4, 0.5) is 0 Å². The van der Waals surface area contributed by atoms with Crippen molar-refractivity contribution in [1.82, 2.24) is 4.98 Å². The molecule has 0 aliphatic heterocycles. The molecule has 20 heavy (non-hydrogen) atoms. The fraction of sp³-hybridized carbons (Fsp3) is 0.235. The molecule has 0 aliphatic rings. The molecule has 2 rings (SSSR count). The summed E-state index contributed by atoms with van der Waals surface area (Å²) >= 11 is 0. The summed E-state index contributed by atoms with van der Waals surface area (Å²) in [5, 5.41) is 9.30. The topological polar surface area (TPSA) is 53.8 Å². The molecule has 0 aliphatic carbocycles. The number of pyridine rings is 1. The van der Waals surface area contributed by atoms with Crippen LogP contribution in [0.15, 0.2) is 48.8 Å². The lowest BCUT2D eigenvalue weighted by Crippen LogP contribution is -2.11. The SMILES string of the molecule is CC(C)c1ccc(C(C#N)C(=O)c2cccnc2)cc1. The number of carbonyl (C=O) groups excluding carboxylic acids is 1. The lowest BCUT2D eigenvalue weighted by Gasteiger charge is -2.10. The van der Waals surface area contributed by atoms with Crippen molar-refractivity contribution in [1.29, 1.82) is 5.26 Å². The van der Waals surface area contributed by atoms with Gasteiger partial charge in [0.05, 0.1) is 6.07 Å². The first-order chi connectivity index (χ1) is 9.63. The minimum Gasteiger partial charge on any atom is -0.292 e. The molecule has 1 atom stereocenters. The van der Waals surface area contributed by atoms with Gasteiger partial charge in [0.15, 0.2) is 5.78 Å². The Kier molecular flexibility index (Phi) is 4.27. The van der Waals surface area contributed by atoms with Gasteiger partial charge in [-0.1, -0.05) is 38.1 Å². The smallest absolute Gasteiger partial charge is 0.185 e. The molecule has 0 saturated heterocycles. The average Bonchev–Trinajstić information content (AvgIpc) is 2.49. The molecule has 0 bridgehead atoms. The van der Waals surface area contributed by atoms with Crippen molar-refractivity contribution in [3.63, 3.8) is 0 Å². The summed E-state index contributed by atoms with van der Waals surface area (Å²) < 4.78 is 0. The number of Topliss-reactive ketones (excluding diaryl/α,β-unsaturated/α-hetero) is 1. The predicted octanol–water partition coefficient (Wildman–Crippen LogP) is 3.70. The zero-order valence-corrected chi connectivity index (χ0v) is 11.6. The normalized spacial score (nSPS) is 11.9. The maximum absolute atomic E-state index is 12.3. The second-order valence-electron chi connectivity index (χ2n) is 4.99. The van der Waals surface area contributed by atoms with Crippen molar-refractivity contribution in [2.75, 3.05) is 0 Å². The van der Waals surface area contributed by atoms with E-state index in [0.29, 0.717) is 11.5 Å². The Morgan fingerprint density at radius 1 is 1.15 bits per heavy atom. The maximum Gasteiger partial charge on any atom is 0.185 e. The van der Waals surface area contributed by atoms with Gasteiger partial charge in [0.25, 0.3) is 0 Å². The average molecular weight is 264 g/mol. The van der Waals surface area contributed by atoms with Crippen LogP contribution < -0.4 is 0 Å². The van der Waals surface area contributed by atoms with Crippen LogP contribution in [-0.2, 0) is 0 Å². The first-order valence-corrected chi connectivity index (χ1v) is 6.57. The molecule has 100 valence electrons. The van der Waals surface area contributed by atoms with Crippen LogP contribution in [0, 0.1) is 11.3 Å². The quantitative estimate of drug-likeness (QED) is 0.791. The first-order valence-electron chi connectivity index (χ1n) is 6.57. The van der Waals surface area contributed by atoms with Crippen molar-refractivity contribution in [3.05, 3.63) is 65.5 Å². The first kappa shape index (κ1) is 14.0. The second kappa shape index (κ2) is 6.12. The van der Waals surface area contributed by atoms with E-state index in [9.17, 15) is 10.1 Å². The maximum atomic E-state index is 12.3. The summed E-state index contributed by atoms with van der Waals surface area (Å²) in [6.07, 6.45) is 3.10. The van der Waals surface area contributed by atoms with Gasteiger partial charge in [0.1, 0.15) is 5.92 Å². The molecule has 3 nitrogen and oxygen atoms in total. The molecule has 2 aromatic rings. The number of hydrogen-bond donors (Lipinski definition) is 0. The molecule has 0 N–H and O–H groups in total. The van der Waals surface area contributed by atoms with Crippen molar-refractivity contribution < 1.29 is 4.79 Å². The zero-order valence-electron chi connectivity index (χ0n) is 11.6. The van der Waals surface area contributed by atoms with Gasteiger partial charge in [-0.2, -0.15) is 5.26 Å². The van der Waals surface area contributed by atoms with Crippen LogP contribution in [0.2, 0.25) is 0 Å². The molecule has 1 heterocycles. The van der Waals surface area contributed by atoms with Crippen molar-refractivity contribution in [2.24, 2.45) is 0 Å². The van der Waals surface area contributed by atoms with E-state index in [2.05, 4.69) is 24.9 Å². The Labute approximate surface area is 118 Å². The van der Waals surface area contributed by atoms with Crippen LogP contribution in [0.1, 0.15) is 47.2 Å². The van der Waals surface area contributed by atoms with Crippen molar-refractivity contribution >= 4 is 5.78 Å². The number of nitriles is 1. The Morgan fingerprint density at radius 2 is 1.80 bits per heavy atom. The fourth-order valence-electron chi connectivity index (χ4n) is 2.03. The lowest BCUT2D eigenvalue weighted by atomic mass is 9.91. The van der Waals surface area contributed by atoms with Gasteiger partial charge in [-0.25, -0.2) is 0 Å². The van der Waals surface area contributed by atoms with E-state index < -0.39 is 5.92 Å². The molecule has 0 fully saturated rings. The van der Waals surface area contributed by atoms with Crippen molar-refractivity contribution in [3.8, 4) is 6.07 Å². The minimum atomic E-state index is -0.777. The summed E-state index contributed by atoms with van der Waals surface area (Å²) in [5.74, 6) is -0.558. The van der Waals surface area contributed by atoms with Crippen LogP contribution in [0.5, 0.6) is 0 Å².